The number of anilines is 1. The van der Waals surface area contributed by atoms with Crippen LogP contribution in [0.2, 0.25) is 0 Å². The molecule has 1 amide bonds. The number of aromatic amines is 1. The summed E-state index contributed by atoms with van der Waals surface area (Å²) in [7, 11) is 0. The highest BCUT2D eigenvalue weighted by Crippen LogP contribution is 2.38. The minimum absolute atomic E-state index is 0.118. The van der Waals surface area contributed by atoms with Gasteiger partial charge in [-0.2, -0.15) is 5.10 Å². The van der Waals surface area contributed by atoms with Crippen molar-refractivity contribution in [1.82, 2.24) is 10.2 Å². The number of aromatic nitrogens is 2. The molecule has 82 valence electrons. The van der Waals surface area contributed by atoms with Crippen LogP contribution >= 0.6 is 0 Å². The zero-order valence-corrected chi connectivity index (χ0v) is 9.26. The second-order valence-electron chi connectivity index (χ2n) is 4.65. The predicted octanol–water partition coefficient (Wildman–Crippen LogP) is 2.24. The highest BCUT2D eigenvalue weighted by atomic mass is 16.2. The average Bonchev–Trinajstić information content (AvgIpc) is 2.78. The number of nitrogens with one attached hydrogen (secondary N) is 2. The summed E-state index contributed by atoms with van der Waals surface area (Å²) in [6.45, 7) is 3.97. The second-order valence-corrected chi connectivity index (χ2v) is 4.65. The third-order valence-corrected chi connectivity index (χ3v) is 3.32. The highest BCUT2D eigenvalue weighted by molar-refractivity contribution is 5.94. The highest BCUT2D eigenvalue weighted by Gasteiger charge is 2.36. The van der Waals surface area contributed by atoms with E-state index in [0.29, 0.717) is 0 Å². The number of carbonyl (C=O) groups excluding carboxylic acids is 1. The molecule has 4 heteroatoms. The minimum atomic E-state index is -0.183. The molecule has 15 heavy (non-hydrogen) atoms. The Morgan fingerprint density at radius 1 is 1.53 bits per heavy atom. The lowest BCUT2D eigenvalue weighted by molar-refractivity contribution is -0.124. The Morgan fingerprint density at radius 3 is 2.73 bits per heavy atom. The molecule has 0 radical (unpaired) electrons. The summed E-state index contributed by atoms with van der Waals surface area (Å²) in [6.07, 6.45) is 6.02. The molecule has 1 aliphatic rings. The summed E-state index contributed by atoms with van der Waals surface area (Å²) in [4.78, 5) is 12.0. The molecule has 1 saturated carbocycles. The molecule has 2 rings (SSSR count). The van der Waals surface area contributed by atoms with Crippen molar-refractivity contribution in [2.45, 2.75) is 39.5 Å². The van der Waals surface area contributed by atoms with E-state index in [-0.39, 0.29) is 11.3 Å². The predicted molar refractivity (Wildman–Crippen MR) is 58.5 cm³/mol. The number of aryl methyl sites for hydroxylation is 1. The molecule has 4 nitrogen and oxygen atoms in total. The van der Waals surface area contributed by atoms with Crippen molar-refractivity contribution >= 4 is 11.7 Å². The summed E-state index contributed by atoms with van der Waals surface area (Å²) in [6, 6.07) is 0. The number of H-pyrrole nitrogens is 1. The Kier molecular flexibility index (Phi) is 2.50. The van der Waals surface area contributed by atoms with Crippen molar-refractivity contribution in [3.8, 4) is 0 Å². The van der Waals surface area contributed by atoms with Crippen LogP contribution in [-0.4, -0.2) is 16.1 Å². The van der Waals surface area contributed by atoms with Crippen LogP contribution in [-0.2, 0) is 4.79 Å². The van der Waals surface area contributed by atoms with Crippen molar-refractivity contribution < 1.29 is 4.79 Å². The Hall–Kier alpha value is -1.32. The second kappa shape index (κ2) is 3.68. The van der Waals surface area contributed by atoms with Crippen LogP contribution in [0.4, 0.5) is 5.82 Å². The van der Waals surface area contributed by atoms with Gasteiger partial charge in [0.15, 0.2) is 0 Å². The van der Waals surface area contributed by atoms with Gasteiger partial charge in [-0.05, 0) is 19.8 Å². The van der Waals surface area contributed by atoms with E-state index in [9.17, 15) is 4.79 Å². The van der Waals surface area contributed by atoms with Gasteiger partial charge in [0, 0.05) is 11.0 Å². The first-order valence-electron chi connectivity index (χ1n) is 5.43. The fourth-order valence-electron chi connectivity index (χ4n) is 2.12. The van der Waals surface area contributed by atoms with Crippen molar-refractivity contribution in [2.75, 3.05) is 5.32 Å². The molecular weight excluding hydrogens is 190 g/mol. The average molecular weight is 207 g/mol. The topological polar surface area (TPSA) is 57.8 Å². The smallest absolute Gasteiger partial charge is 0.231 e. The summed E-state index contributed by atoms with van der Waals surface area (Å²) < 4.78 is 0. The van der Waals surface area contributed by atoms with Crippen molar-refractivity contribution in [3.05, 3.63) is 11.8 Å². The summed E-state index contributed by atoms with van der Waals surface area (Å²) in [5.41, 5.74) is 0.794. The summed E-state index contributed by atoms with van der Waals surface area (Å²) >= 11 is 0. The van der Waals surface area contributed by atoms with Crippen LogP contribution in [0.1, 0.15) is 38.2 Å². The van der Waals surface area contributed by atoms with Gasteiger partial charge < -0.3 is 5.32 Å². The lowest BCUT2D eigenvalue weighted by Crippen LogP contribution is -2.31. The van der Waals surface area contributed by atoms with Crippen molar-refractivity contribution in [1.29, 1.82) is 0 Å². The maximum atomic E-state index is 12.0. The van der Waals surface area contributed by atoms with Gasteiger partial charge in [0.2, 0.25) is 5.91 Å². The molecule has 1 fully saturated rings. The molecule has 0 unspecified atom stereocenters. The fourth-order valence-corrected chi connectivity index (χ4v) is 2.12. The quantitative estimate of drug-likeness (QED) is 0.781. The Labute approximate surface area is 89.5 Å². The van der Waals surface area contributed by atoms with E-state index in [1.807, 2.05) is 13.8 Å². The van der Waals surface area contributed by atoms with Gasteiger partial charge in [-0.3, -0.25) is 9.89 Å². The van der Waals surface area contributed by atoms with E-state index in [0.717, 1.165) is 37.1 Å². The molecule has 0 aromatic carbocycles. The normalized spacial score (nSPS) is 19.1. The molecule has 1 aromatic heterocycles. The van der Waals surface area contributed by atoms with Crippen molar-refractivity contribution in [2.24, 2.45) is 5.41 Å². The largest absolute Gasteiger partial charge is 0.310 e. The van der Waals surface area contributed by atoms with Crippen LogP contribution in [0.15, 0.2) is 6.20 Å². The van der Waals surface area contributed by atoms with Gasteiger partial charge >= 0.3 is 0 Å². The van der Waals surface area contributed by atoms with E-state index in [2.05, 4.69) is 15.5 Å². The lowest BCUT2D eigenvalue weighted by atomic mass is 9.88. The maximum Gasteiger partial charge on any atom is 0.231 e. The van der Waals surface area contributed by atoms with E-state index < -0.39 is 0 Å². The first-order chi connectivity index (χ1) is 7.12. The molecule has 0 bridgehead atoms. The zero-order valence-electron chi connectivity index (χ0n) is 9.26. The number of hydrogen-bond donors (Lipinski definition) is 2. The van der Waals surface area contributed by atoms with E-state index in [1.54, 1.807) is 6.20 Å². The van der Waals surface area contributed by atoms with Gasteiger partial charge in [0.05, 0.1) is 6.20 Å². The third-order valence-electron chi connectivity index (χ3n) is 3.32. The monoisotopic (exact) mass is 207 g/mol. The van der Waals surface area contributed by atoms with Gasteiger partial charge in [0.1, 0.15) is 5.82 Å². The van der Waals surface area contributed by atoms with Gasteiger partial charge in [-0.25, -0.2) is 0 Å². The standard InChI is InChI=1S/C11H17N3O/c1-8-7-12-14-9(8)13-10(15)11(2)5-3-4-6-11/h7H,3-6H2,1-2H3,(H2,12,13,14,15). The molecule has 1 aliphatic carbocycles. The van der Waals surface area contributed by atoms with Gasteiger partial charge in [-0.1, -0.05) is 19.8 Å². The summed E-state index contributed by atoms with van der Waals surface area (Å²) in [5.74, 6) is 0.848. The van der Waals surface area contributed by atoms with Gasteiger partial charge in [-0.15, -0.1) is 0 Å². The lowest BCUT2D eigenvalue weighted by Gasteiger charge is -2.21. The summed E-state index contributed by atoms with van der Waals surface area (Å²) in [5, 5.41) is 9.60. The first-order valence-corrected chi connectivity index (χ1v) is 5.43. The van der Waals surface area contributed by atoms with Crippen LogP contribution in [0.3, 0.4) is 0 Å². The number of amides is 1. The number of rotatable bonds is 2. The molecule has 0 saturated heterocycles. The fraction of sp³-hybridized carbons (Fsp3) is 0.636. The maximum absolute atomic E-state index is 12.0. The zero-order chi connectivity index (χ0) is 10.9. The molecule has 0 atom stereocenters. The van der Waals surface area contributed by atoms with Crippen LogP contribution in [0.5, 0.6) is 0 Å². The molecule has 2 N–H and O–H groups in total. The van der Waals surface area contributed by atoms with Gasteiger partial charge in [0.25, 0.3) is 0 Å². The van der Waals surface area contributed by atoms with E-state index >= 15 is 0 Å². The van der Waals surface area contributed by atoms with E-state index in [1.165, 1.54) is 0 Å². The molecular formula is C11H17N3O. The molecule has 1 aromatic rings. The first kappa shape index (κ1) is 10.2. The molecule has 0 aliphatic heterocycles. The Balaban J connectivity index is 2.07. The van der Waals surface area contributed by atoms with Crippen molar-refractivity contribution in [3.63, 3.8) is 0 Å². The number of carbonyl (C=O) groups is 1. The number of nitrogens with zero attached hydrogens (tertiary/aromatic N) is 1. The molecule has 0 spiro atoms. The number of hydrogen-bond acceptors (Lipinski definition) is 2. The van der Waals surface area contributed by atoms with Crippen LogP contribution in [0.25, 0.3) is 0 Å². The SMILES string of the molecule is Cc1cn[nH]c1NC(=O)C1(C)CCCC1. The molecule has 1 heterocycles. The van der Waals surface area contributed by atoms with Crippen LogP contribution < -0.4 is 5.32 Å². The van der Waals surface area contributed by atoms with E-state index in [4.69, 9.17) is 0 Å². The minimum Gasteiger partial charge on any atom is -0.310 e. The Morgan fingerprint density at radius 2 is 2.20 bits per heavy atom. The third kappa shape index (κ3) is 1.89. The van der Waals surface area contributed by atoms with Crippen LogP contribution in [0, 0.1) is 12.3 Å². The Bertz CT molecular complexity index is 364.